The molecule has 0 atom stereocenters. The molecular formula is C11H9N6O+. The molecule has 0 bridgehead atoms. The Balaban J connectivity index is 1.93. The van der Waals surface area contributed by atoms with Crippen molar-refractivity contribution in [1.82, 2.24) is 20.3 Å². The van der Waals surface area contributed by atoms with Crippen molar-refractivity contribution in [2.45, 2.75) is 0 Å². The zero-order valence-electron chi connectivity index (χ0n) is 9.24. The number of para-hydroxylation sites is 2. The van der Waals surface area contributed by atoms with E-state index in [4.69, 9.17) is 0 Å². The van der Waals surface area contributed by atoms with Gasteiger partial charge in [-0.25, -0.2) is 15.1 Å². The molecule has 88 valence electrons. The van der Waals surface area contributed by atoms with Crippen molar-refractivity contribution in [3.05, 3.63) is 42.9 Å². The van der Waals surface area contributed by atoms with E-state index in [1.54, 1.807) is 6.07 Å². The maximum absolute atomic E-state index is 12.0. The highest BCUT2D eigenvalue weighted by molar-refractivity contribution is 5.84. The standard InChI is InChI=1S/C11H8N6O/c18-11(14-10-7-12-5-6-13-10)17-9-4-2-1-3-8(9)15-16-17/h1-7H,(H,13,14,18)/p+1. The summed E-state index contributed by atoms with van der Waals surface area (Å²) in [5.41, 5.74) is 1.41. The van der Waals surface area contributed by atoms with Crippen LogP contribution in [-0.4, -0.2) is 26.3 Å². The van der Waals surface area contributed by atoms with E-state index in [2.05, 4.69) is 25.6 Å². The lowest BCUT2D eigenvalue weighted by atomic mass is 10.3. The van der Waals surface area contributed by atoms with Crippen LogP contribution in [0.5, 0.6) is 0 Å². The lowest BCUT2D eigenvalue weighted by molar-refractivity contribution is -0.607. The van der Waals surface area contributed by atoms with Gasteiger partial charge in [0.25, 0.3) is 0 Å². The second-order valence-electron chi connectivity index (χ2n) is 3.56. The number of benzene rings is 1. The molecule has 2 aromatic heterocycles. The minimum Gasteiger partial charge on any atom is -0.258 e. The summed E-state index contributed by atoms with van der Waals surface area (Å²) >= 11 is 0. The van der Waals surface area contributed by atoms with Crippen LogP contribution in [-0.2, 0) is 0 Å². The fourth-order valence-corrected chi connectivity index (χ4v) is 1.59. The minimum atomic E-state index is -0.371. The Bertz CT molecular complexity index is 693. The van der Waals surface area contributed by atoms with Gasteiger partial charge in [-0.1, -0.05) is 16.8 Å². The van der Waals surface area contributed by atoms with Crippen LogP contribution in [0, 0.1) is 0 Å². The van der Waals surface area contributed by atoms with E-state index in [0.717, 1.165) is 0 Å². The zero-order chi connectivity index (χ0) is 12.4. The number of fused-ring (bicyclic) bond motifs is 1. The monoisotopic (exact) mass is 241 g/mol. The molecule has 2 N–H and O–H groups in total. The molecular weight excluding hydrogens is 232 g/mol. The summed E-state index contributed by atoms with van der Waals surface area (Å²) in [5, 5.41) is 9.28. The first-order valence-corrected chi connectivity index (χ1v) is 5.27. The lowest BCUT2D eigenvalue weighted by Gasteiger charge is -1.96. The van der Waals surface area contributed by atoms with Crippen LogP contribution in [0.2, 0.25) is 0 Å². The summed E-state index contributed by atoms with van der Waals surface area (Å²) in [7, 11) is 0. The Labute approximate surface area is 101 Å². The first-order chi connectivity index (χ1) is 8.84. The van der Waals surface area contributed by atoms with Crippen LogP contribution in [0.3, 0.4) is 0 Å². The van der Waals surface area contributed by atoms with E-state index in [-0.39, 0.29) is 6.03 Å². The summed E-state index contributed by atoms with van der Waals surface area (Å²) in [4.78, 5) is 19.8. The number of aromatic amines is 1. The van der Waals surface area contributed by atoms with Crippen molar-refractivity contribution >= 4 is 22.9 Å². The summed E-state index contributed by atoms with van der Waals surface area (Å²) in [6.07, 6.45) is 4.51. The van der Waals surface area contributed by atoms with Crippen LogP contribution in [0.4, 0.5) is 10.6 Å². The van der Waals surface area contributed by atoms with Crippen molar-refractivity contribution in [2.75, 3.05) is 5.32 Å². The largest absolute Gasteiger partial charge is 0.464 e. The summed E-state index contributed by atoms with van der Waals surface area (Å²) < 4.78 is 1.31. The number of hydrogen-bond donors (Lipinski definition) is 2. The van der Waals surface area contributed by atoms with Crippen LogP contribution in [0.25, 0.3) is 11.0 Å². The lowest BCUT2D eigenvalue weighted by Crippen LogP contribution is -2.48. The predicted octanol–water partition coefficient (Wildman–Crippen LogP) is 0.721. The number of carbonyl (C=O) groups excluding carboxylic acids is 1. The first kappa shape index (κ1) is 10.3. The van der Waals surface area contributed by atoms with E-state index in [0.29, 0.717) is 16.9 Å². The van der Waals surface area contributed by atoms with Gasteiger partial charge in [0, 0.05) is 12.4 Å². The number of anilines is 1. The molecule has 3 aromatic rings. The van der Waals surface area contributed by atoms with E-state index in [1.807, 2.05) is 18.2 Å². The Kier molecular flexibility index (Phi) is 2.41. The molecule has 0 radical (unpaired) electrons. The number of nitrogens with zero attached hydrogens (tertiary/aromatic N) is 4. The maximum atomic E-state index is 12.0. The average molecular weight is 241 g/mol. The molecule has 0 spiro atoms. The Morgan fingerprint density at radius 2 is 2.17 bits per heavy atom. The molecule has 0 saturated carbocycles. The molecule has 1 aromatic carbocycles. The number of hydrogen-bond acceptors (Lipinski definition) is 4. The van der Waals surface area contributed by atoms with Crippen LogP contribution in [0.1, 0.15) is 0 Å². The summed E-state index contributed by atoms with van der Waals surface area (Å²) in [6.45, 7) is 0. The van der Waals surface area contributed by atoms with Gasteiger partial charge in [-0.2, -0.15) is 0 Å². The van der Waals surface area contributed by atoms with Gasteiger partial charge in [-0.15, -0.1) is 5.21 Å². The first-order valence-electron chi connectivity index (χ1n) is 5.27. The third kappa shape index (κ3) is 1.77. The van der Waals surface area contributed by atoms with Crippen LogP contribution < -0.4 is 10.00 Å². The summed E-state index contributed by atoms with van der Waals surface area (Å²) in [5.74, 6) is 0.383. The highest BCUT2D eigenvalue weighted by Gasteiger charge is 2.18. The fourth-order valence-electron chi connectivity index (χ4n) is 1.59. The maximum Gasteiger partial charge on any atom is 0.464 e. The second-order valence-corrected chi connectivity index (χ2v) is 3.56. The normalized spacial score (nSPS) is 10.4. The molecule has 7 heteroatoms. The third-order valence-corrected chi connectivity index (χ3v) is 2.39. The molecule has 0 saturated heterocycles. The van der Waals surface area contributed by atoms with Gasteiger partial charge in [-0.3, -0.25) is 4.98 Å². The highest BCUT2D eigenvalue weighted by Crippen LogP contribution is 2.04. The third-order valence-electron chi connectivity index (χ3n) is 2.39. The van der Waals surface area contributed by atoms with Gasteiger partial charge in [0.1, 0.15) is 0 Å². The number of rotatable bonds is 1. The molecule has 1 amide bonds. The van der Waals surface area contributed by atoms with Crippen LogP contribution in [0.15, 0.2) is 42.9 Å². The number of amides is 1. The molecule has 0 aliphatic heterocycles. The highest BCUT2D eigenvalue weighted by atomic mass is 16.2. The fraction of sp³-hybridized carbons (Fsp3) is 0. The number of carbonyl (C=O) groups is 1. The molecule has 7 nitrogen and oxygen atoms in total. The predicted molar refractivity (Wildman–Crippen MR) is 62.7 cm³/mol. The van der Waals surface area contributed by atoms with Gasteiger partial charge in [0.15, 0.2) is 5.52 Å². The molecule has 18 heavy (non-hydrogen) atoms. The van der Waals surface area contributed by atoms with Crippen LogP contribution >= 0.6 is 0 Å². The van der Waals surface area contributed by atoms with Gasteiger partial charge in [0.2, 0.25) is 11.3 Å². The number of aromatic nitrogens is 5. The summed E-state index contributed by atoms with van der Waals surface area (Å²) in [6, 6.07) is 6.94. The van der Waals surface area contributed by atoms with Gasteiger partial charge < -0.3 is 0 Å². The Morgan fingerprint density at radius 3 is 3.00 bits per heavy atom. The second kappa shape index (κ2) is 4.21. The molecule has 0 fully saturated rings. The van der Waals surface area contributed by atoms with E-state index in [1.165, 1.54) is 23.3 Å². The van der Waals surface area contributed by atoms with Crippen molar-refractivity contribution in [3.8, 4) is 0 Å². The Hall–Kier alpha value is -2.83. The van der Waals surface area contributed by atoms with Crippen molar-refractivity contribution < 1.29 is 9.48 Å². The number of nitrogens with one attached hydrogen (secondary N) is 2. The Morgan fingerprint density at radius 1 is 1.28 bits per heavy atom. The molecule has 2 heterocycles. The van der Waals surface area contributed by atoms with Gasteiger partial charge in [-0.05, 0) is 17.2 Å². The SMILES string of the molecule is O=C(Nc1cnccn1)[n+]1[nH]nc2ccccc21. The smallest absolute Gasteiger partial charge is 0.258 e. The van der Waals surface area contributed by atoms with Crippen molar-refractivity contribution in [3.63, 3.8) is 0 Å². The average Bonchev–Trinajstić information content (AvgIpc) is 2.84. The minimum absolute atomic E-state index is 0.371. The quantitative estimate of drug-likeness (QED) is 0.614. The number of H-pyrrole nitrogens is 1. The van der Waals surface area contributed by atoms with Crippen molar-refractivity contribution in [1.29, 1.82) is 0 Å². The van der Waals surface area contributed by atoms with E-state index < -0.39 is 0 Å². The van der Waals surface area contributed by atoms with Gasteiger partial charge in [0.05, 0.1) is 6.20 Å². The molecule has 3 rings (SSSR count). The van der Waals surface area contributed by atoms with E-state index >= 15 is 0 Å². The topological polar surface area (TPSA) is 87.4 Å². The molecule has 0 unspecified atom stereocenters. The zero-order valence-corrected chi connectivity index (χ0v) is 9.24. The molecule has 0 aliphatic rings. The van der Waals surface area contributed by atoms with Crippen molar-refractivity contribution in [2.24, 2.45) is 0 Å². The van der Waals surface area contributed by atoms with E-state index in [9.17, 15) is 4.79 Å². The molecule has 0 aliphatic carbocycles. The van der Waals surface area contributed by atoms with Gasteiger partial charge >= 0.3 is 6.03 Å².